The predicted molar refractivity (Wildman–Crippen MR) is 88.1 cm³/mol. The summed E-state index contributed by atoms with van der Waals surface area (Å²) < 4.78 is 2.10. The highest BCUT2D eigenvalue weighted by molar-refractivity contribution is 6.31. The summed E-state index contributed by atoms with van der Waals surface area (Å²) in [6, 6.07) is 14.5. The van der Waals surface area contributed by atoms with Crippen LogP contribution >= 0.6 is 11.6 Å². The van der Waals surface area contributed by atoms with Gasteiger partial charge in [0.15, 0.2) is 0 Å². The second-order valence-corrected chi connectivity index (χ2v) is 5.78. The van der Waals surface area contributed by atoms with Crippen LogP contribution in [-0.2, 0) is 6.54 Å². The van der Waals surface area contributed by atoms with Gasteiger partial charge in [0.1, 0.15) is 6.33 Å². The van der Waals surface area contributed by atoms with E-state index >= 15 is 0 Å². The maximum Gasteiger partial charge on any atom is 0.100 e. The monoisotopic (exact) mass is 299 g/mol. The maximum atomic E-state index is 6.41. The molecule has 4 heteroatoms. The fourth-order valence-electron chi connectivity index (χ4n) is 2.41. The molecular formula is C17H18ClN3. The van der Waals surface area contributed by atoms with Gasteiger partial charge in [0, 0.05) is 23.2 Å². The number of halogens is 1. The van der Waals surface area contributed by atoms with Crippen LogP contribution in [0.3, 0.4) is 0 Å². The quantitative estimate of drug-likeness (QED) is 0.783. The summed E-state index contributed by atoms with van der Waals surface area (Å²) in [5, 5.41) is 4.21. The van der Waals surface area contributed by atoms with Crippen LogP contribution in [0.1, 0.15) is 19.4 Å². The van der Waals surface area contributed by atoms with E-state index < -0.39 is 0 Å². The summed E-state index contributed by atoms with van der Waals surface area (Å²) in [4.78, 5) is 4.46. The molecule has 0 fully saturated rings. The largest absolute Gasteiger partial charge is 0.310 e. The first-order valence-electron chi connectivity index (χ1n) is 7.10. The molecular weight excluding hydrogens is 282 g/mol. The van der Waals surface area contributed by atoms with Gasteiger partial charge in [-0.2, -0.15) is 0 Å². The fourth-order valence-corrected chi connectivity index (χ4v) is 2.64. The zero-order chi connectivity index (χ0) is 14.8. The van der Waals surface area contributed by atoms with Crippen molar-refractivity contribution in [3.63, 3.8) is 0 Å². The van der Waals surface area contributed by atoms with E-state index in [9.17, 15) is 0 Å². The van der Waals surface area contributed by atoms with Crippen molar-refractivity contribution in [3.05, 3.63) is 59.4 Å². The van der Waals surface area contributed by atoms with Crippen LogP contribution in [0.5, 0.6) is 0 Å². The van der Waals surface area contributed by atoms with Crippen molar-refractivity contribution in [2.45, 2.75) is 26.4 Å². The van der Waals surface area contributed by atoms with E-state index in [0.717, 1.165) is 33.9 Å². The topological polar surface area (TPSA) is 29.9 Å². The first kappa shape index (κ1) is 14.1. The molecule has 0 spiro atoms. The summed E-state index contributed by atoms with van der Waals surface area (Å²) in [7, 11) is 0. The Hall–Kier alpha value is -1.84. The van der Waals surface area contributed by atoms with Gasteiger partial charge in [-0.05, 0) is 24.3 Å². The van der Waals surface area contributed by atoms with Gasteiger partial charge in [0.05, 0.1) is 16.7 Å². The number of imidazole rings is 1. The molecule has 108 valence electrons. The van der Waals surface area contributed by atoms with Crippen LogP contribution in [0.15, 0.2) is 48.8 Å². The van der Waals surface area contributed by atoms with E-state index in [-0.39, 0.29) is 0 Å². The van der Waals surface area contributed by atoms with Crippen molar-refractivity contribution >= 4 is 22.6 Å². The molecule has 0 bridgehead atoms. The number of aromatic nitrogens is 2. The molecule has 0 aliphatic carbocycles. The minimum Gasteiger partial charge on any atom is -0.310 e. The first-order chi connectivity index (χ1) is 10.2. The Morgan fingerprint density at radius 3 is 2.76 bits per heavy atom. The normalized spacial score (nSPS) is 11.4. The summed E-state index contributed by atoms with van der Waals surface area (Å²) in [6.07, 6.45) is 1.86. The van der Waals surface area contributed by atoms with Crippen LogP contribution in [0.2, 0.25) is 5.02 Å². The van der Waals surface area contributed by atoms with Crippen LogP contribution in [0.25, 0.3) is 16.7 Å². The minimum absolute atomic E-state index is 0.411. The van der Waals surface area contributed by atoms with Gasteiger partial charge in [0.2, 0.25) is 0 Å². The Morgan fingerprint density at radius 2 is 1.95 bits per heavy atom. The molecule has 1 N–H and O–H groups in total. The van der Waals surface area contributed by atoms with Gasteiger partial charge < -0.3 is 5.32 Å². The number of hydrogen-bond donors (Lipinski definition) is 1. The molecule has 3 nitrogen and oxygen atoms in total. The molecule has 0 saturated heterocycles. The number of benzene rings is 2. The molecule has 3 rings (SSSR count). The van der Waals surface area contributed by atoms with Crippen molar-refractivity contribution in [1.82, 2.24) is 14.9 Å². The Labute approximate surface area is 129 Å². The number of para-hydroxylation sites is 2. The van der Waals surface area contributed by atoms with Crippen LogP contribution in [0, 0.1) is 0 Å². The molecule has 0 saturated carbocycles. The SMILES string of the molecule is CC(C)NCc1c(Cl)cccc1-n1cnc2ccccc21. The van der Waals surface area contributed by atoms with E-state index in [0.29, 0.717) is 6.04 Å². The fraction of sp³-hybridized carbons (Fsp3) is 0.235. The zero-order valence-corrected chi connectivity index (χ0v) is 12.9. The molecule has 0 atom stereocenters. The zero-order valence-electron chi connectivity index (χ0n) is 12.2. The lowest BCUT2D eigenvalue weighted by Crippen LogP contribution is -2.22. The van der Waals surface area contributed by atoms with Crippen molar-refractivity contribution < 1.29 is 0 Å². The van der Waals surface area contributed by atoms with Gasteiger partial charge in [0.25, 0.3) is 0 Å². The molecule has 21 heavy (non-hydrogen) atoms. The van der Waals surface area contributed by atoms with Crippen molar-refractivity contribution in [2.75, 3.05) is 0 Å². The second kappa shape index (κ2) is 5.88. The van der Waals surface area contributed by atoms with Gasteiger partial charge in [-0.15, -0.1) is 0 Å². The molecule has 1 aromatic heterocycles. The lowest BCUT2D eigenvalue weighted by molar-refractivity contribution is 0.588. The van der Waals surface area contributed by atoms with Gasteiger partial charge >= 0.3 is 0 Å². The lowest BCUT2D eigenvalue weighted by Gasteiger charge is -2.15. The highest BCUT2D eigenvalue weighted by Crippen LogP contribution is 2.26. The van der Waals surface area contributed by atoms with E-state index in [2.05, 4.69) is 40.8 Å². The molecule has 3 aromatic rings. The lowest BCUT2D eigenvalue weighted by atomic mass is 10.1. The Balaban J connectivity index is 2.11. The Bertz CT molecular complexity index is 762. The number of nitrogens with one attached hydrogen (secondary N) is 1. The third-order valence-corrected chi connectivity index (χ3v) is 3.85. The molecule has 1 heterocycles. The molecule has 0 radical (unpaired) electrons. The van der Waals surface area contributed by atoms with Crippen LogP contribution < -0.4 is 5.32 Å². The van der Waals surface area contributed by atoms with Gasteiger partial charge in [-0.3, -0.25) is 4.57 Å². The average molecular weight is 300 g/mol. The number of hydrogen-bond acceptors (Lipinski definition) is 2. The third-order valence-electron chi connectivity index (χ3n) is 3.49. The predicted octanol–water partition coefficient (Wildman–Crippen LogP) is 4.18. The van der Waals surface area contributed by atoms with Crippen LogP contribution in [-0.4, -0.2) is 15.6 Å². The van der Waals surface area contributed by atoms with Gasteiger partial charge in [-0.25, -0.2) is 4.98 Å². The first-order valence-corrected chi connectivity index (χ1v) is 7.48. The van der Waals surface area contributed by atoms with Gasteiger partial charge in [-0.1, -0.05) is 43.6 Å². The summed E-state index contributed by atoms with van der Waals surface area (Å²) in [5.74, 6) is 0. The molecule has 0 aliphatic heterocycles. The standard InChI is InChI=1S/C17H18ClN3/c1-12(2)19-10-13-14(18)6-5-9-16(13)21-11-20-15-7-3-4-8-17(15)21/h3-9,11-12,19H,10H2,1-2H3. The Kier molecular flexibility index (Phi) is 3.95. The molecule has 0 aliphatic rings. The second-order valence-electron chi connectivity index (χ2n) is 5.38. The molecule has 2 aromatic carbocycles. The van der Waals surface area contributed by atoms with E-state index in [1.54, 1.807) is 0 Å². The third kappa shape index (κ3) is 2.80. The summed E-state index contributed by atoms with van der Waals surface area (Å²) in [5.41, 5.74) is 4.24. The van der Waals surface area contributed by atoms with E-state index in [1.165, 1.54) is 0 Å². The van der Waals surface area contributed by atoms with Crippen molar-refractivity contribution in [2.24, 2.45) is 0 Å². The van der Waals surface area contributed by atoms with Crippen molar-refractivity contribution in [3.8, 4) is 5.69 Å². The number of fused-ring (bicyclic) bond motifs is 1. The maximum absolute atomic E-state index is 6.41. The van der Waals surface area contributed by atoms with Crippen molar-refractivity contribution in [1.29, 1.82) is 0 Å². The molecule has 0 unspecified atom stereocenters. The average Bonchev–Trinajstić information content (AvgIpc) is 2.89. The highest BCUT2D eigenvalue weighted by Gasteiger charge is 2.11. The summed E-state index contributed by atoms with van der Waals surface area (Å²) in [6.45, 7) is 4.99. The number of rotatable bonds is 4. The number of nitrogens with zero attached hydrogens (tertiary/aromatic N) is 2. The van der Waals surface area contributed by atoms with E-state index in [4.69, 9.17) is 11.6 Å². The van der Waals surface area contributed by atoms with E-state index in [1.807, 2.05) is 36.7 Å². The highest BCUT2D eigenvalue weighted by atomic mass is 35.5. The Morgan fingerprint density at radius 1 is 1.14 bits per heavy atom. The molecule has 0 amide bonds. The smallest absolute Gasteiger partial charge is 0.100 e. The van der Waals surface area contributed by atoms with Crippen LogP contribution in [0.4, 0.5) is 0 Å². The minimum atomic E-state index is 0.411. The summed E-state index contributed by atoms with van der Waals surface area (Å²) >= 11 is 6.41.